The molecule has 1 N–H and O–H groups in total. The second kappa shape index (κ2) is 10.9. The summed E-state index contributed by atoms with van der Waals surface area (Å²) in [5.41, 5.74) is 7.06. The molecule has 0 unspecified atom stereocenters. The topological polar surface area (TPSA) is 62.1 Å². The highest BCUT2D eigenvalue weighted by Gasteiger charge is 2.65. The van der Waals surface area contributed by atoms with Crippen molar-refractivity contribution >= 4 is 17.2 Å². The lowest BCUT2D eigenvalue weighted by atomic mass is 9.48. The van der Waals surface area contributed by atoms with Crippen molar-refractivity contribution in [2.24, 2.45) is 27.8 Å². The van der Waals surface area contributed by atoms with E-state index in [1.54, 1.807) is 12.7 Å². The van der Waals surface area contributed by atoms with E-state index in [1.165, 1.54) is 41.7 Å². The molecule has 0 aromatic heterocycles. The number of hydrogen-bond donors (Lipinski definition) is 1. The zero-order chi connectivity index (χ0) is 27.9. The van der Waals surface area contributed by atoms with E-state index in [-0.39, 0.29) is 23.7 Å². The normalized spacial score (nSPS) is 34.4. The average molecular weight is 541 g/mol. The van der Waals surface area contributed by atoms with Gasteiger partial charge in [-0.25, -0.2) is 0 Å². The van der Waals surface area contributed by atoms with Crippen LogP contribution in [0.15, 0.2) is 52.2 Å². The summed E-state index contributed by atoms with van der Waals surface area (Å²) in [4.78, 5) is 16.4. The van der Waals surface area contributed by atoms with Gasteiger partial charge in [0.05, 0.1) is 11.1 Å². The van der Waals surface area contributed by atoms with Gasteiger partial charge in [-0.2, -0.15) is 0 Å². The number of piperidine rings is 1. The monoisotopic (exact) mass is 540 g/mol. The Balaban J connectivity index is 1.47. The van der Waals surface area contributed by atoms with Crippen LogP contribution in [-0.2, 0) is 9.53 Å². The van der Waals surface area contributed by atoms with Gasteiger partial charge in [0, 0.05) is 31.8 Å². The SMILES string of the molecule is CC#C[C@]1(C(=O)COC)CC[C@H]2[C@@H]3CCC4=CC(=NO)CCC4=C3[C@@H](c3ccc(N4CCCCC4)cc3)C[C@@]21C. The van der Waals surface area contributed by atoms with E-state index in [0.717, 1.165) is 63.7 Å². The number of ether oxygens (including phenoxy) is 1. The van der Waals surface area contributed by atoms with Crippen LogP contribution >= 0.6 is 0 Å². The molecule has 0 bridgehead atoms. The number of nitrogens with zero attached hydrogens (tertiary/aromatic N) is 2. The lowest BCUT2D eigenvalue weighted by molar-refractivity contribution is -0.136. The van der Waals surface area contributed by atoms with Gasteiger partial charge >= 0.3 is 0 Å². The third-order valence-corrected chi connectivity index (χ3v) is 11.2. The number of anilines is 1. The molecular weight excluding hydrogens is 496 g/mol. The molecule has 3 fully saturated rings. The fraction of sp³-hybridized carbons (Fsp3) is 0.600. The van der Waals surface area contributed by atoms with Gasteiger partial charge in [-0.05, 0) is 123 Å². The van der Waals surface area contributed by atoms with Crippen molar-refractivity contribution in [3.63, 3.8) is 0 Å². The van der Waals surface area contributed by atoms with Crippen LogP contribution in [0.5, 0.6) is 0 Å². The third kappa shape index (κ3) is 4.26. The van der Waals surface area contributed by atoms with E-state index in [0.29, 0.717) is 11.8 Å². The molecule has 40 heavy (non-hydrogen) atoms. The van der Waals surface area contributed by atoms with Crippen LogP contribution in [0, 0.1) is 34.5 Å². The summed E-state index contributed by atoms with van der Waals surface area (Å²) in [6, 6.07) is 9.39. The molecule has 212 valence electrons. The van der Waals surface area contributed by atoms with Crippen LogP contribution in [0.25, 0.3) is 0 Å². The van der Waals surface area contributed by atoms with Gasteiger partial charge in [0.25, 0.3) is 0 Å². The zero-order valence-corrected chi connectivity index (χ0v) is 24.5. The number of benzene rings is 1. The van der Waals surface area contributed by atoms with Gasteiger partial charge in [-0.15, -0.1) is 5.92 Å². The Morgan fingerprint density at radius 2 is 1.90 bits per heavy atom. The molecule has 1 aromatic carbocycles. The molecule has 1 heterocycles. The molecule has 5 aliphatic rings. The van der Waals surface area contributed by atoms with E-state index in [9.17, 15) is 10.0 Å². The van der Waals surface area contributed by atoms with E-state index in [2.05, 4.69) is 59.2 Å². The number of ketones is 1. The summed E-state index contributed by atoms with van der Waals surface area (Å²) in [6.45, 7) is 6.67. The third-order valence-electron chi connectivity index (χ3n) is 11.2. The van der Waals surface area contributed by atoms with Crippen LogP contribution in [0.2, 0.25) is 0 Å². The Bertz CT molecular complexity index is 1310. The minimum absolute atomic E-state index is 0.126. The van der Waals surface area contributed by atoms with Gasteiger partial charge < -0.3 is 14.8 Å². The highest BCUT2D eigenvalue weighted by Crippen LogP contribution is 2.69. The lowest BCUT2D eigenvalue weighted by Crippen LogP contribution is -2.51. The standard InChI is InChI=1S/C35H44N2O3/c1-4-17-35(32(38)23-40-3)18-16-31-29-14-10-25-21-26(36-39)11-15-28(25)33(29)30(22-34(31,35)2)24-8-12-27(13-9-24)37-19-6-5-7-20-37/h8-9,12-13,21,29-31,39H,5-7,10-11,14-16,18-20,22-23H2,1-3H3/t29-,30+,31-,34-,35+/m0/s1. The molecule has 1 saturated heterocycles. The van der Waals surface area contributed by atoms with Crippen molar-refractivity contribution < 1.29 is 14.7 Å². The molecule has 5 nitrogen and oxygen atoms in total. The molecule has 1 aliphatic heterocycles. The molecular formula is C35H44N2O3. The summed E-state index contributed by atoms with van der Waals surface area (Å²) in [5.74, 6) is 7.98. The number of oxime groups is 1. The Morgan fingerprint density at radius 1 is 1.12 bits per heavy atom. The molecule has 2 saturated carbocycles. The van der Waals surface area contributed by atoms with Gasteiger partial charge in [0.2, 0.25) is 0 Å². The number of methoxy groups -OCH3 is 1. The number of hydrogen-bond acceptors (Lipinski definition) is 5. The largest absolute Gasteiger partial charge is 0.411 e. The highest BCUT2D eigenvalue weighted by molar-refractivity contribution is 5.97. The Kier molecular flexibility index (Phi) is 7.42. The minimum atomic E-state index is -0.663. The summed E-state index contributed by atoms with van der Waals surface area (Å²) >= 11 is 0. The maximum absolute atomic E-state index is 13.8. The first kappa shape index (κ1) is 27.3. The summed E-state index contributed by atoms with van der Waals surface area (Å²) < 4.78 is 5.42. The molecule has 0 spiro atoms. The predicted molar refractivity (Wildman–Crippen MR) is 160 cm³/mol. The number of rotatable bonds is 5. The number of carbonyl (C=O) groups excluding carboxylic acids is 1. The number of carbonyl (C=O) groups is 1. The summed E-state index contributed by atoms with van der Waals surface area (Å²) in [5, 5.41) is 13.1. The van der Waals surface area contributed by atoms with Crippen molar-refractivity contribution in [3.8, 4) is 11.8 Å². The highest BCUT2D eigenvalue weighted by atomic mass is 16.5. The maximum atomic E-state index is 13.8. The minimum Gasteiger partial charge on any atom is -0.411 e. The van der Waals surface area contributed by atoms with Crippen molar-refractivity contribution in [2.75, 3.05) is 31.7 Å². The predicted octanol–water partition coefficient (Wildman–Crippen LogP) is 7.06. The van der Waals surface area contributed by atoms with Crippen LogP contribution in [0.3, 0.4) is 0 Å². The van der Waals surface area contributed by atoms with Crippen LogP contribution in [0.1, 0.15) is 89.5 Å². The average Bonchev–Trinajstić information content (AvgIpc) is 3.29. The first-order valence-electron chi connectivity index (χ1n) is 15.4. The molecule has 4 aliphatic carbocycles. The van der Waals surface area contributed by atoms with Crippen molar-refractivity contribution in [2.45, 2.75) is 84.0 Å². The fourth-order valence-electron chi connectivity index (χ4n) is 9.35. The van der Waals surface area contributed by atoms with Crippen LogP contribution in [0.4, 0.5) is 5.69 Å². The van der Waals surface area contributed by atoms with Gasteiger partial charge in [0.15, 0.2) is 5.78 Å². The molecule has 0 radical (unpaired) electrons. The second-order valence-corrected chi connectivity index (χ2v) is 12.9. The van der Waals surface area contributed by atoms with Crippen molar-refractivity contribution in [3.05, 3.63) is 52.6 Å². The van der Waals surface area contributed by atoms with Crippen molar-refractivity contribution in [1.82, 2.24) is 0 Å². The van der Waals surface area contributed by atoms with Crippen LogP contribution in [-0.4, -0.2) is 43.5 Å². The molecule has 1 aromatic rings. The Morgan fingerprint density at radius 3 is 2.60 bits per heavy atom. The quantitative estimate of drug-likeness (QED) is 0.247. The second-order valence-electron chi connectivity index (χ2n) is 12.9. The van der Waals surface area contributed by atoms with E-state index in [4.69, 9.17) is 4.74 Å². The van der Waals surface area contributed by atoms with Crippen LogP contribution < -0.4 is 4.90 Å². The lowest BCUT2D eigenvalue weighted by Gasteiger charge is -2.54. The molecule has 6 rings (SSSR count). The molecule has 5 atom stereocenters. The Hall–Kier alpha value is -2.84. The van der Waals surface area contributed by atoms with Gasteiger partial charge in [0.1, 0.15) is 6.61 Å². The maximum Gasteiger partial charge on any atom is 0.176 e. The number of fused-ring (bicyclic) bond motifs is 4. The smallest absolute Gasteiger partial charge is 0.176 e. The first-order chi connectivity index (χ1) is 19.5. The number of Topliss-reactive ketones (excluding diaryl/α,β-unsaturated/α-hetero) is 1. The summed E-state index contributed by atoms with van der Waals surface area (Å²) in [6.07, 6.45) is 12.6. The van der Waals surface area contributed by atoms with E-state index in [1.807, 2.05) is 6.92 Å². The van der Waals surface area contributed by atoms with E-state index < -0.39 is 5.41 Å². The van der Waals surface area contributed by atoms with Gasteiger partial charge in [-0.1, -0.05) is 35.7 Å². The number of allylic oxidation sites excluding steroid dienone is 4. The molecule has 0 amide bonds. The zero-order valence-electron chi connectivity index (χ0n) is 24.5. The molecule has 5 heteroatoms. The van der Waals surface area contributed by atoms with Gasteiger partial charge in [-0.3, -0.25) is 4.79 Å². The Labute approximate surface area is 239 Å². The summed E-state index contributed by atoms with van der Waals surface area (Å²) in [7, 11) is 1.62. The fourth-order valence-corrected chi connectivity index (χ4v) is 9.35. The van der Waals surface area contributed by atoms with Crippen molar-refractivity contribution in [1.29, 1.82) is 0 Å². The van der Waals surface area contributed by atoms with E-state index >= 15 is 0 Å². The first-order valence-corrected chi connectivity index (χ1v) is 15.4.